The SMILES string of the molecule is CC(F)F.Cc1ncc(C(=O)NC2(C(=O)NCc3ccc(Nc4ccc(Cl)cc4)cn3)CC2)cn1. The quantitative estimate of drug-likeness (QED) is 0.441. The highest BCUT2D eigenvalue weighted by Gasteiger charge is 2.51. The van der Waals surface area contributed by atoms with Crippen LogP contribution in [0.5, 0.6) is 0 Å². The maximum Gasteiger partial charge on any atom is 0.255 e. The molecule has 0 spiro atoms. The van der Waals surface area contributed by atoms with Crippen molar-refractivity contribution in [2.45, 2.75) is 45.2 Å². The molecular weight excluding hydrogens is 478 g/mol. The highest BCUT2D eigenvalue weighted by molar-refractivity contribution is 6.30. The van der Waals surface area contributed by atoms with Crippen molar-refractivity contribution in [1.82, 2.24) is 25.6 Å². The molecule has 35 heavy (non-hydrogen) atoms. The number of carbonyl (C=O) groups excluding carboxylic acids is 2. The van der Waals surface area contributed by atoms with Gasteiger partial charge in [-0.25, -0.2) is 18.7 Å². The maximum atomic E-state index is 12.6. The van der Waals surface area contributed by atoms with E-state index in [2.05, 4.69) is 30.9 Å². The number of benzene rings is 1. The molecule has 184 valence electrons. The number of carbonyl (C=O) groups is 2. The molecule has 0 atom stereocenters. The molecule has 0 aliphatic heterocycles. The van der Waals surface area contributed by atoms with E-state index in [1.165, 1.54) is 12.4 Å². The van der Waals surface area contributed by atoms with Gasteiger partial charge in [-0.05, 0) is 63.1 Å². The molecule has 11 heteroatoms. The number of alkyl halides is 2. The normalized spacial score (nSPS) is 13.3. The molecule has 2 aromatic heterocycles. The van der Waals surface area contributed by atoms with Gasteiger partial charge in [-0.1, -0.05) is 11.6 Å². The Morgan fingerprint density at radius 2 is 1.60 bits per heavy atom. The van der Waals surface area contributed by atoms with Crippen molar-refractivity contribution in [3.8, 4) is 0 Å². The number of aryl methyl sites for hydroxylation is 1. The summed E-state index contributed by atoms with van der Waals surface area (Å²) in [5.41, 5.74) is 1.89. The Labute approximate surface area is 206 Å². The Kier molecular flexibility index (Phi) is 8.64. The van der Waals surface area contributed by atoms with Crippen molar-refractivity contribution in [2.75, 3.05) is 5.32 Å². The minimum absolute atomic E-state index is 0.223. The van der Waals surface area contributed by atoms with Crippen LogP contribution in [-0.4, -0.2) is 38.7 Å². The lowest BCUT2D eigenvalue weighted by molar-refractivity contribution is -0.124. The summed E-state index contributed by atoms with van der Waals surface area (Å²) in [6, 6.07) is 11.1. The van der Waals surface area contributed by atoms with Gasteiger partial charge in [0.15, 0.2) is 0 Å². The number of hydrogen-bond acceptors (Lipinski definition) is 6. The monoisotopic (exact) mass is 502 g/mol. The minimum atomic E-state index is -2.17. The molecule has 3 aromatic rings. The zero-order valence-electron chi connectivity index (χ0n) is 19.2. The molecular formula is C24H25ClF2N6O2. The molecule has 1 saturated carbocycles. The summed E-state index contributed by atoms with van der Waals surface area (Å²) >= 11 is 5.89. The third-order valence-corrected chi connectivity index (χ3v) is 5.22. The Morgan fingerprint density at radius 3 is 2.14 bits per heavy atom. The standard InChI is InChI=1S/C22H21ClN6O2.C2H4F2/c1-14-24-10-15(11-25-14)20(30)29-22(8-9-22)21(31)27-12-18-6-7-19(13-26-18)28-17-4-2-16(23)3-5-17;1-2(3)4/h2-7,10-11,13,28H,8-9,12H2,1H3,(H,27,31)(H,29,30);2H,1H3. The zero-order chi connectivity index (χ0) is 25.4. The molecule has 1 aliphatic rings. The molecule has 0 saturated heterocycles. The number of halogens is 3. The number of pyridine rings is 1. The molecule has 0 radical (unpaired) electrons. The van der Waals surface area contributed by atoms with Crippen LogP contribution in [0, 0.1) is 6.92 Å². The number of anilines is 2. The number of aromatic nitrogens is 3. The van der Waals surface area contributed by atoms with Crippen molar-refractivity contribution in [2.24, 2.45) is 0 Å². The lowest BCUT2D eigenvalue weighted by atomic mass is 10.2. The van der Waals surface area contributed by atoms with Crippen LogP contribution in [0.3, 0.4) is 0 Å². The highest BCUT2D eigenvalue weighted by Crippen LogP contribution is 2.36. The Hall–Kier alpha value is -3.66. The maximum absolute atomic E-state index is 12.6. The summed E-state index contributed by atoms with van der Waals surface area (Å²) < 4.78 is 20.7. The molecule has 1 aliphatic carbocycles. The Morgan fingerprint density at radius 1 is 1.00 bits per heavy atom. The first-order valence-corrected chi connectivity index (χ1v) is 11.2. The second-order valence-corrected chi connectivity index (χ2v) is 8.36. The first-order valence-electron chi connectivity index (χ1n) is 10.8. The number of rotatable bonds is 7. The number of nitrogens with one attached hydrogen (secondary N) is 3. The molecule has 4 rings (SSSR count). The summed E-state index contributed by atoms with van der Waals surface area (Å²) in [6.45, 7) is 2.84. The second kappa shape index (κ2) is 11.7. The van der Waals surface area contributed by atoms with E-state index in [1.54, 1.807) is 25.3 Å². The zero-order valence-corrected chi connectivity index (χ0v) is 19.9. The fourth-order valence-electron chi connectivity index (χ4n) is 2.98. The largest absolute Gasteiger partial charge is 0.354 e. The van der Waals surface area contributed by atoms with E-state index in [9.17, 15) is 18.4 Å². The van der Waals surface area contributed by atoms with E-state index in [1.807, 2.05) is 24.3 Å². The number of hydrogen-bond donors (Lipinski definition) is 3. The fourth-order valence-corrected chi connectivity index (χ4v) is 3.10. The summed E-state index contributed by atoms with van der Waals surface area (Å²) in [6.07, 6.45) is 3.62. The van der Waals surface area contributed by atoms with Crippen molar-refractivity contribution in [1.29, 1.82) is 0 Å². The van der Waals surface area contributed by atoms with Crippen LogP contribution in [0.1, 0.15) is 41.6 Å². The van der Waals surface area contributed by atoms with Gasteiger partial charge in [-0.3, -0.25) is 14.6 Å². The average Bonchev–Trinajstić information content (AvgIpc) is 3.60. The molecule has 0 bridgehead atoms. The van der Waals surface area contributed by atoms with Gasteiger partial charge in [0.25, 0.3) is 5.91 Å². The van der Waals surface area contributed by atoms with Crippen LogP contribution in [-0.2, 0) is 11.3 Å². The van der Waals surface area contributed by atoms with Crippen LogP contribution in [0.2, 0.25) is 5.02 Å². The lowest BCUT2D eigenvalue weighted by Crippen LogP contribution is -2.48. The summed E-state index contributed by atoms with van der Waals surface area (Å²) in [7, 11) is 0. The highest BCUT2D eigenvalue weighted by atomic mass is 35.5. The van der Waals surface area contributed by atoms with Crippen molar-refractivity contribution < 1.29 is 18.4 Å². The van der Waals surface area contributed by atoms with Gasteiger partial charge in [0.1, 0.15) is 11.4 Å². The topological polar surface area (TPSA) is 109 Å². The van der Waals surface area contributed by atoms with Crippen LogP contribution in [0.25, 0.3) is 0 Å². The summed E-state index contributed by atoms with van der Waals surface area (Å²) in [4.78, 5) is 37.5. The van der Waals surface area contributed by atoms with E-state index in [0.29, 0.717) is 34.9 Å². The molecule has 2 heterocycles. The Bertz CT molecular complexity index is 1140. The van der Waals surface area contributed by atoms with Gasteiger partial charge in [-0.2, -0.15) is 0 Å². The van der Waals surface area contributed by atoms with E-state index in [-0.39, 0.29) is 18.4 Å². The van der Waals surface area contributed by atoms with Crippen LogP contribution >= 0.6 is 11.6 Å². The first kappa shape index (κ1) is 26.0. The van der Waals surface area contributed by atoms with Crippen LogP contribution < -0.4 is 16.0 Å². The van der Waals surface area contributed by atoms with E-state index in [0.717, 1.165) is 18.3 Å². The molecule has 3 N–H and O–H groups in total. The number of amides is 2. The van der Waals surface area contributed by atoms with Gasteiger partial charge >= 0.3 is 0 Å². The van der Waals surface area contributed by atoms with Gasteiger partial charge in [-0.15, -0.1) is 0 Å². The first-order chi connectivity index (χ1) is 16.7. The van der Waals surface area contributed by atoms with Crippen LogP contribution in [0.4, 0.5) is 20.2 Å². The third kappa shape index (κ3) is 7.96. The lowest BCUT2D eigenvalue weighted by Gasteiger charge is -2.17. The fraction of sp³-hybridized carbons (Fsp3) is 0.292. The molecule has 0 unspecified atom stereocenters. The molecule has 8 nitrogen and oxygen atoms in total. The second-order valence-electron chi connectivity index (χ2n) is 7.93. The van der Waals surface area contributed by atoms with Gasteiger partial charge in [0.2, 0.25) is 12.3 Å². The van der Waals surface area contributed by atoms with Crippen molar-refractivity contribution >= 4 is 34.8 Å². The van der Waals surface area contributed by atoms with E-state index >= 15 is 0 Å². The minimum Gasteiger partial charge on any atom is -0.354 e. The summed E-state index contributed by atoms with van der Waals surface area (Å²) in [5, 5.41) is 9.57. The third-order valence-electron chi connectivity index (χ3n) is 4.97. The average molecular weight is 503 g/mol. The summed E-state index contributed by atoms with van der Waals surface area (Å²) in [5.74, 6) is -0.000222. The van der Waals surface area contributed by atoms with Gasteiger partial charge in [0.05, 0.1) is 29.7 Å². The Balaban J connectivity index is 0.000000795. The van der Waals surface area contributed by atoms with Gasteiger partial charge < -0.3 is 16.0 Å². The molecule has 1 fully saturated rings. The van der Waals surface area contributed by atoms with E-state index in [4.69, 9.17) is 11.6 Å². The molecule has 1 aromatic carbocycles. The van der Waals surface area contributed by atoms with E-state index < -0.39 is 12.0 Å². The predicted molar refractivity (Wildman–Crippen MR) is 129 cm³/mol. The predicted octanol–water partition coefficient (Wildman–Crippen LogP) is 4.43. The smallest absolute Gasteiger partial charge is 0.255 e. The van der Waals surface area contributed by atoms with Crippen molar-refractivity contribution in [3.63, 3.8) is 0 Å². The van der Waals surface area contributed by atoms with Gasteiger partial charge in [0, 0.05) is 23.1 Å². The van der Waals surface area contributed by atoms with Crippen LogP contribution in [0.15, 0.2) is 55.0 Å². The van der Waals surface area contributed by atoms with Crippen molar-refractivity contribution in [3.05, 3.63) is 77.1 Å². The number of nitrogens with zero attached hydrogens (tertiary/aromatic N) is 3. The molecule has 2 amide bonds.